The fraction of sp³-hybridized carbons (Fsp3) is 0.182. The molecule has 0 radical (unpaired) electrons. The molecule has 0 bridgehead atoms. The number of aromatic nitrogens is 3. The molecule has 0 saturated carbocycles. The lowest BCUT2D eigenvalue weighted by atomic mass is 10.1. The molecule has 1 N–H and O–H groups in total. The van der Waals surface area contributed by atoms with Gasteiger partial charge in [-0.3, -0.25) is 18.7 Å². The molecule has 32 heavy (non-hydrogen) atoms. The van der Waals surface area contributed by atoms with Crippen LogP contribution in [0.5, 0.6) is 5.75 Å². The minimum atomic E-state index is -1.01. The number of benzene rings is 2. The van der Waals surface area contributed by atoms with E-state index in [0.29, 0.717) is 25.7 Å². The zero-order chi connectivity index (χ0) is 22.8. The number of carboxylic acid groups (broad SMARTS) is 1. The molecule has 4 rings (SSSR count). The second-order valence-corrected chi connectivity index (χ2v) is 9.35. The molecule has 0 fully saturated rings. The van der Waals surface area contributed by atoms with Gasteiger partial charge in [0.25, 0.3) is 5.56 Å². The van der Waals surface area contributed by atoms with Gasteiger partial charge in [0.1, 0.15) is 10.4 Å². The number of hydrogen-bond donors (Lipinski definition) is 1. The van der Waals surface area contributed by atoms with E-state index in [2.05, 4.69) is 6.92 Å². The molecule has 0 unspecified atom stereocenters. The molecule has 0 atom stereocenters. The monoisotopic (exact) mass is 485 g/mol. The summed E-state index contributed by atoms with van der Waals surface area (Å²) in [6.07, 6.45) is 0.911. The lowest BCUT2D eigenvalue weighted by molar-refractivity contribution is -0.133. The van der Waals surface area contributed by atoms with Gasteiger partial charge in [0, 0.05) is 5.69 Å². The summed E-state index contributed by atoms with van der Waals surface area (Å²) in [6, 6.07) is 15.0. The van der Waals surface area contributed by atoms with Gasteiger partial charge in [0.15, 0.2) is 14.8 Å². The third kappa shape index (κ3) is 4.08. The lowest BCUT2D eigenvalue weighted by Crippen LogP contribution is -2.22. The Morgan fingerprint density at radius 2 is 1.91 bits per heavy atom. The molecule has 0 aliphatic carbocycles. The first-order chi connectivity index (χ1) is 15.4. The highest BCUT2D eigenvalue weighted by Crippen LogP contribution is 2.30. The van der Waals surface area contributed by atoms with Gasteiger partial charge in [-0.05, 0) is 48.5 Å². The van der Waals surface area contributed by atoms with E-state index in [0.717, 1.165) is 23.9 Å². The van der Waals surface area contributed by atoms with Gasteiger partial charge >= 0.3 is 5.97 Å². The van der Waals surface area contributed by atoms with E-state index in [1.807, 2.05) is 24.3 Å². The Balaban J connectivity index is 2.02. The molecule has 7 nitrogen and oxygen atoms in total. The van der Waals surface area contributed by atoms with E-state index < -0.39 is 5.97 Å². The van der Waals surface area contributed by atoms with Crippen LogP contribution in [-0.2, 0) is 11.2 Å². The van der Waals surface area contributed by atoms with E-state index in [-0.39, 0.29) is 16.5 Å². The summed E-state index contributed by atoms with van der Waals surface area (Å²) in [7, 11) is 1.51. The molecular formula is C22H19N3O4S3. The summed E-state index contributed by atoms with van der Waals surface area (Å²) in [5, 5.41) is 9.48. The molecule has 0 aliphatic rings. The molecular weight excluding hydrogens is 466 g/mol. The van der Waals surface area contributed by atoms with Crippen molar-refractivity contribution >= 4 is 51.6 Å². The number of para-hydroxylation sites is 2. The number of aryl methyl sites for hydroxylation is 1. The van der Waals surface area contributed by atoms with E-state index in [9.17, 15) is 14.7 Å². The summed E-state index contributed by atoms with van der Waals surface area (Å²) in [4.78, 5) is 29.6. The first kappa shape index (κ1) is 22.3. The molecule has 0 amide bonds. The molecule has 10 heteroatoms. The highest BCUT2D eigenvalue weighted by atomic mass is 32.2. The minimum absolute atomic E-state index is 0.247. The Bertz CT molecular complexity index is 1420. The van der Waals surface area contributed by atoms with Crippen molar-refractivity contribution in [3.05, 3.63) is 68.4 Å². The molecule has 2 heterocycles. The number of carboxylic acids is 1. The van der Waals surface area contributed by atoms with Crippen LogP contribution in [0.4, 0.5) is 0 Å². The average molecular weight is 486 g/mol. The summed E-state index contributed by atoms with van der Waals surface area (Å²) >= 11 is 7.73. The SMILES string of the molecule is CCc1ccc(-n2c(=S)sc3c(=O)n(-c4ccccc4OC)c(SCC(=O)O)nc32)cc1. The van der Waals surface area contributed by atoms with Gasteiger partial charge in [-0.1, -0.05) is 54.3 Å². The quantitative estimate of drug-likeness (QED) is 0.230. The third-order valence-electron chi connectivity index (χ3n) is 4.83. The molecule has 164 valence electrons. The molecule has 4 aromatic rings. The Morgan fingerprint density at radius 1 is 1.19 bits per heavy atom. The largest absolute Gasteiger partial charge is 0.495 e. The van der Waals surface area contributed by atoms with Gasteiger partial charge in [-0.25, -0.2) is 4.98 Å². The maximum Gasteiger partial charge on any atom is 0.313 e. The van der Waals surface area contributed by atoms with Crippen LogP contribution >= 0.6 is 35.3 Å². The first-order valence-corrected chi connectivity index (χ1v) is 11.9. The number of thiazole rings is 1. The summed E-state index contributed by atoms with van der Waals surface area (Å²) in [6.45, 7) is 2.08. The van der Waals surface area contributed by atoms with Crippen LogP contribution in [-0.4, -0.2) is 38.1 Å². The van der Waals surface area contributed by atoms with Crippen LogP contribution in [0.25, 0.3) is 21.7 Å². The number of thioether (sulfide) groups is 1. The Hall–Kier alpha value is -2.95. The zero-order valence-corrected chi connectivity index (χ0v) is 19.7. The number of fused-ring (bicyclic) bond motifs is 1. The highest BCUT2D eigenvalue weighted by molar-refractivity contribution is 7.99. The smallest absolute Gasteiger partial charge is 0.313 e. The fourth-order valence-corrected chi connectivity index (χ4v) is 5.31. The van der Waals surface area contributed by atoms with Crippen molar-refractivity contribution in [2.24, 2.45) is 0 Å². The first-order valence-electron chi connectivity index (χ1n) is 9.70. The predicted octanol–water partition coefficient (Wildman–Crippen LogP) is 4.72. The van der Waals surface area contributed by atoms with Crippen molar-refractivity contribution < 1.29 is 14.6 Å². The van der Waals surface area contributed by atoms with Gasteiger partial charge in [0.05, 0.1) is 18.6 Å². The average Bonchev–Trinajstić information content (AvgIpc) is 3.14. The zero-order valence-electron chi connectivity index (χ0n) is 17.3. The predicted molar refractivity (Wildman–Crippen MR) is 130 cm³/mol. The van der Waals surface area contributed by atoms with Gasteiger partial charge < -0.3 is 9.84 Å². The summed E-state index contributed by atoms with van der Waals surface area (Å²) < 4.78 is 9.46. The van der Waals surface area contributed by atoms with Crippen LogP contribution in [0.15, 0.2) is 58.5 Å². The van der Waals surface area contributed by atoms with Crippen molar-refractivity contribution in [1.29, 1.82) is 0 Å². The number of nitrogens with zero attached hydrogens (tertiary/aromatic N) is 3. The van der Waals surface area contributed by atoms with Crippen LogP contribution in [0, 0.1) is 3.95 Å². The Morgan fingerprint density at radius 3 is 2.56 bits per heavy atom. The number of hydrogen-bond acceptors (Lipinski definition) is 7. The second kappa shape index (κ2) is 9.27. The van der Waals surface area contributed by atoms with E-state index in [4.69, 9.17) is 21.9 Å². The van der Waals surface area contributed by atoms with Crippen molar-refractivity contribution in [3.8, 4) is 17.1 Å². The van der Waals surface area contributed by atoms with Crippen molar-refractivity contribution in [3.63, 3.8) is 0 Å². The third-order valence-corrected chi connectivity index (χ3v) is 7.11. The van der Waals surface area contributed by atoms with Crippen LogP contribution < -0.4 is 10.3 Å². The maximum absolute atomic E-state index is 13.6. The number of ether oxygens (including phenoxy) is 1. The Kier molecular flexibility index (Phi) is 6.45. The van der Waals surface area contributed by atoms with Gasteiger partial charge in [0.2, 0.25) is 0 Å². The van der Waals surface area contributed by atoms with Crippen LogP contribution in [0.1, 0.15) is 12.5 Å². The topological polar surface area (TPSA) is 86.3 Å². The van der Waals surface area contributed by atoms with Crippen molar-refractivity contribution in [1.82, 2.24) is 14.1 Å². The normalized spacial score (nSPS) is 11.1. The van der Waals surface area contributed by atoms with Crippen LogP contribution in [0.2, 0.25) is 0 Å². The van der Waals surface area contributed by atoms with E-state index in [1.54, 1.807) is 28.8 Å². The van der Waals surface area contributed by atoms with Crippen molar-refractivity contribution in [2.75, 3.05) is 12.9 Å². The fourth-order valence-electron chi connectivity index (χ4n) is 3.29. The molecule has 0 saturated heterocycles. The second-order valence-electron chi connectivity index (χ2n) is 6.77. The number of methoxy groups -OCH3 is 1. The molecule has 0 aliphatic heterocycles. The van der Waals surface area contributed by atoms with E-state index >= 15 is 0 Å². The minimum Gasteiger partial charge on any atom is -0.495 e. The van der Waals surface area contributed by atoms with Crippen LogP contribution in [0.3, 0.4) is 0 Å². The number of aliphatic carboxylic acids is 1. The van der Waals surface area contributed by atoms with Gasteiger partial charge in [-0.15, -0.1) is 0 Å². The number of carbonyl (C=O) groups is 1. The standard InChI is InChI=1S/C22H19N3O4S3/c1-3-13-8-10-14(11-9-13)24-19-18(32-22(24)30)20(28)25(21(23-19)31-12-17(26)27)15-6-4-5-7-16(15)29-2/h4-11H,3,12H2,1-2H3,(H,26,27). The molecule has 2 aromatic carbocycles. The lowest BCUT2D eigenvalue weighted by Gasteiger charge is -2.15. The molecule has 0 spiro atoms. The molecule has 2 aromatic heterocycles. The highest BCUT2D eigenvalue weighted by Gasteiger charge is 2.21. The van der Waals surface area contributed by atoms with E-state index in [1.165, 1.54) is 28.6 Å². The summed E-state index contributed by atoms with van der Waals surface area (Å²) in [5.41, 5.74) is 2.56. The number of rotatable bonds is 7. The Labute approximate surface area is 196 Å². The maximum atomic E-state index is 13.6. The van der Waals surface area contributed by atoms with Crippen molar-refractivity contribution in [2.45, 2.75) is 18.5 Å². The van der Waals surface area contributed by atoms with Gasteiger partial charge in [-0.2, -0.15) is 0 Å². The summed E-state index contributed by atoms with van der Waals surface area (Å²) in [5.74, 6) is -0.775.